The van der Waals surface area contributed by atoms with Gasteiger partial charge in [-0.05, 0) is 24.6 Å². The Bertz CT molecular complexity index is 620. The van der Waals surface area contributed by atoms with Crippen LogP contribution in [-0.4, -0.2) is 20.9 Å². The van der Waals surface area contributed by atoms with Crippen molar-refractivity contribution >= 4 is 37.2 Å². The van der Waals surface area contributed by atoms with Crippen LogP contribution >= 0.6 is 22.3 Å². The van der Waals surface area contributed by atoms with Crippen molar-refractivity contribution < 1.29 is 13.2 Å². The number of benzene rings is 1. The minimum atomic E-state index is -3.93. The molecule has 19 heavy (non-hydrogen) atoms. The van der Waals surface area contributed by atoms with Crippen LogP contribution in [0.4, 0.5) is 0 Å². The zero-order valence-corrected chi connectivity index (χ0v) is 12.1. The van der Waals surface area contributed by atoms with Gasteiger partial charge in [-0.15, -0.1) is 12.3 Å². The van der Waals surface area contributed by atoms with Crippen molar-refractivity contribution in [1.29, 1.82) is 0 Å². The summed E-state index contributed by atoms with van der Waals surface area (Å²) in [5.74, 6) is 2.02. The Labute approximate surface area is 121 Å². The van der Waals surface area contributed by atoms with E-state index in [1.54, 1.807) is 0 Å². The van der Waals surface area contributed by atoms with Crippen LogP contribution in [0, 0.1) is 12.3 Å². The van der Waals surface area contributed by atoms with Crippen molar-refractivity contribution in [2.24, 2.45) is 0 Å². The molecule has 0 atom stereocenters. The van der Waals surface area contributed by atoms with Crippen molar-refractivity contribution in [2.75, 3.05) is 6.54 Å². The van der Waals surface area contributed by atoms with Crippen LogP contribution in [-0.2, 0) is 9.05 Å². The van der Waals surface area contributed by atoms with E-state index < -0.39 is 15.0 Å². The summed E-state index contributed by atoms with van der Waals surface area (Å²) < 4.78 is 22.4. The highest BCUT2D eigenvalue weighted by atomic mass is 35.7. The monoisotopic (exact) mass is 319 g/mol. The van der Waals surface area contributed by atoms with E-state index in [1.165, 1.54) is 18.2 Å². The van der Waals surface area contributed by atoms with Crippen LogP contribution in [0.1, 0.15) is 23.2 Å². The van der Waals surface area contributed by atoms with Gasteiger partial charge in [-0.2, -0.15) is 0 Å². The van der Waals surface area contributed by atoms with Crippen LogP contribution in [0.3, 0.4) is 0 Å². The molecule has 1 rings (SSSR count). The molecular weight excluding hydrogens is 309 g/mol. The van der Waals surface area contributed by atoms with Crippen LogP contribution < -0.4 is 5.32 Å². The lowest BCUT2D eigenvalue weighted by Gasteiger charge is -2.06. The number of carbonyl (C=O) groups is 1. The Morgan fingerprint density at radius 3 is 2.63 bits per heavy atom. The van der Waals surface area contributed by atoms with E-state index in [1.807, 2.05) is 0 Å². The maximum Gasteiger partial charge on any atom is 0.261 e. The molecule has 0 unspecified atom stereocenters. The fourth-order valence-corrected chi connectivity index (χ4v) is 2.43. The molecule has 7 heteroatoms. The Morgan fingerprint density at radius 2 is 2.05 bits per heavy atom. The minimum Gasteiger partial charge on any atom is -0.352 e. The summed E-state index contributed by atoms with van der Waals surface area (Å²) in [7, 11) is 1.28. The number of terminal acetylenes is 1. The lowest BCUT2D eigenvalue weighted by Crippen LogP contribution is -2.24. The topological polar surface area (TPSA) is 63.2 Å². The third kappa shape index (κ3) is 5.11. The first kappa shape index (κ1) is 15.8. The molecule has 4 nitrogen and oxygen atoms in total. The van der Waals surface area contributed by atoms with Crippen LogP contribution in [0.5, 0.6) is 0 Å². The van der Waals surface area contributed by atoms with Gasteiger partial charge in [0.1, 0.15) is 0 Å². The van der Waals surface area contributed by atoms with Gasteiger partial charge >= 0.3 is 0 Å². The highest BCUT2D eigenvalue weighted by Gasteiger charge is 2.15. The van der Waals surface area contributed by atoms with Crippen LogP contribution in [0.15, 0.2) is 23.1 Å². The van der Waals surface area contributed by atoms with E-state index in [0.717, 1.165) is 0 Å². The van der Waals surface area contributed by atoms with Crippen molar-refractivity contribution in [2.45, 2.75) is 17.7 Å². The number of nitrogens with one attached hydrogen (secondary N) is 1. The average Bonchev–Trinajstić information content (AvgIpc) is 2.32. The van der Waals surface area contributed by atoms with Gasteiger partial charge in [0.25, 0.3) is 15.0 Å². The standard InChI is InChI=1S/C12H11Cl2NO3S/c1-2-3-4-5-15-12(16)9-6-10(13)8-11(7-9)19(14,17)18/h1,6-8H,3-5H2,(H,15,16). The maximum absolute atomic E-state index is 11.8. The van der Waals surface area contributed by atoms with Gasteiger partial charge in [0.2, 0.25) is 0 Å². The summed E-state index contributed by atoms with van der Waals surface area (Å²) in [6, 6.07) is 3.72. The molecule has 0 bridgehead atoms. The van der Waals surface area contributed by atoms with E-state index in [0.29, 0.717) is 19.4 Å². The first-order chi connectivity index (χ1) is 8.84. The molecule has 1 aromatic carbocycles. The van der Waals surface area contributed by atoms with E-state index in [4.69, 9.17) is 28.7 Å². The van der Waals surface area contributed by atoms with E-state index >= 15 is 0 Å². The number of amides is 1. The summed E-state index contributed by atoms with van der Waals surface area (Å²) in [5, 5.41) is 2.73. The molecule has 1 amide bonds. The fraction of sp³-hybridized carbons (Fsp3) is 0.250. The Hall–Kier alpha value is -1.22. The van der Waals surface area contributed by atoms with Crippen LogP contribution in [0.25, 0.3) is 0 Å². The van der Waals surface area contributed by atoms with E-state index in [9.17, 15) is 13.2 Å². The molecule has 0 saturated heterocycles. The van der Waals surface area contributed by atoms with Crippen molar-refractivity contribution in [3.63, 3.8) is 0 Å². The number of halogens is 2. The Kier molecular flexibility index (Phi) is 5.67. The molecule has 0 aliphatic rings. The molecule has 0 aliphatic heterocycles. The van der Waals surface area contributed by atoms with Gasteiger partial charge in [0.05, 0.1) is 4.90 Å². The Morgan fingerprint density at radius 1 is 1.37 bits per heavy atom. The predicted octanol–water partition coefficient (Wildman–Crippen LogP) is 2.41. The highest BCUT2D eigenvalue weighted by molar-refractivity contribution is 8.13. The van der Waals surface area contributed by atoms with Crippen molar-refractivity contribution in [1.82, 2.24) is 5.32 Å². The number of carbonyl (C=O) groups excluding carboxylic acids is 1. The summed E-state index contributed by atoms with van der Waals surface area (Å²) in [4.78, 5) is 11.6. The van der Waals surface area contributed by atoms with E-state index in [2.05, 4.69) is 11.2 Å². The fourth-order valence-electron chi connectivity index (χ4n) is 1.33. The number of hydrogen-bond donors (Lipinski definition) is 1. The van der Waals surface area contributed by atoms with Gasteiger partial charge in [-0.1, -0.05) is 11.6 Å². The Balaban J connectivity index is 2.87. The van der Waals surface area contributed by atoms with Gasteiger partial charge in [0, 0.05) is 34.2 Å². The third-order valence-electron chi connectivity index (χ3n) is 2.20. The lowest BCUT2D eigenvalue weighted by atomic mass is 10.2. The molecule has 0 heterocycles. The molecule has 0 spiro atoms. The molecule has 0 saturated carbocycles. The second kappa shape index (κ2) is 6.80. The van der Waals surface area contributed by atoms with Crippen LogP contribution in [0.2, 0.25) is 5.02 Å². The van der Waals surface area contributed by atoms with E-state index in [-0.39, 0.29) is 15.5 Å². The predicted molar refractivity (Wildman–Crippen MR) is 74.9 cm³/mol. The van der Waals surface area contributed by atoms with Gasteiger partial charge in [0.15, 0.2) is 0 Å². The quantitative estimate of drug-likeness (QED) is 0.515. The number of unbranched alkanes of at least 4 members (excludes halogenated alkanes) is 1. The van der Waals surface area contributed by atoms with Gasteiger partial charge < -0.3 is 5.32 Å². The second-order valence-electron chi connectivity index (χ2n) is 3.68. The molecule has 1 N–H and O–H groups in total. The molecule has 0 aliphatic carbocycles. The lowest BCUT2D eigenvalue weighted by molar-refractivity contribution is 0.0953. The summed E-state index contributed by atoms with van der Waals surface area (Å²) >= 11 is 5.75. The summed E-state index contributed by atoms with van der Waals surface area (Å²) in [6.07, 6.45) is 6.28. The maximum atomic E-state index is 11.8. The first-order valence-electron chi connectivity index (χ1n) is 5.31. The molecule has 0 radical (unpaired) electrons. The molecular formula is C12H11Cl2NO3S. The van der Waals surface area contributed by atoms with Crippen molar-refractivity contribution in [3.8, 4) is 12.3 Å². The molecule has 0 aromatic heterocycles. The zero-order chi connectivity index (χ0) is 14.5. The number of hydrogen-bond acceptors (Lipinski definition) is 3. The van der Waals surface area contributed by atoms with Gasteiger partial charge in [-0.3, -0.25) is 4.79 Å². The average molecular weight is 320 g/mol. The SMILES string of the molecule is C#CCCCNC(=O)c1cc(Cl)cc(S(=O)(=O)Cl)c1. The third-order valence-corrected chi connectivity index (χ3v) is 3.75. The smallest absolute Gasteiger partial charge is 0.261 e. The summed E-state index contributed by atoms with van der Waals surface area (Å²) in [5.41, 5.74) is 0.132. The zero-order valence-electron chi connectivity index (χ0n) is 9.82. The first-order valence-corrected chi connectivity index (χ1v) is 8.00. The van der Waals surface area contributed by atoms with Gasteiger partial charge in [-0.25, -0.2) is 8.42 Å². The number of rotatable bonds is 5. The highest BCUT2D eigenvalue weighted by Crippen LogP contribution is 2.21. The molecule has 102 valence electrons. The van der Waals surface area contributed by atoms with Crippen molar-refractivity contribution in [3.05, 3.63) is 28.8 Å². The minimum absolute atomic E-state index is 0.121. The summed E-state index contributed by atoms with van der Waals surface area (Å²) in [6.45, 7) is 0.401. The normalized spacial score (nSPS) is 10.8. The molecule has 1 aromatic rings. The molecule has 0 fully saturated rings. The second-order valence-corrected chi connectivity index (χ2v) is 6.68. The largest absolute Gasteiger partial charge is 0.352 e.